The number of hydrogen-bond donors (Lipinski definition) is 1. The Labute approximate surface area is 104 Å². The normalized spacial score (nSPS) is 11.4. The molecule has 0 bridgehead atoms. The minimum absolute atomic E-state index is 0.176. The molecule has 3 nitrogen and oxygen atoms in total. The number of fused-ring (bicyclic) bond motifs is 1. The molecule has 2 heterocycles. The lowest BCUT2D eigenvalue weighted by Crippen LogP contribution is -1.84. The van der Waals surface area contributed by atoms with Crippen LogP contribution in [0.5, 0.6) is 0 Å². The number of allylic oxidation sites excluding steroid dienone is 1. The number of aromatic nitrogens is 2. The topological polar surface area (TPSA) is 45.8 Å². The Kier molecular flexibility index (Phi) is 3.98. The number of carbonyl (C=O) groups excluding carboxylic acids is 1. The van der Waals surface area contributed by atoms with E-state index in [2.05, 4.69) is 22.1 Å². The zero-order valence-corrected chi connectivity index (χ0v) is 10.5. The summed E-state index contributed by atoms with van der Waals surface area (Å²) in [7, 11) is 0. The maximum absolute atomic E-state index is 10.7. The number of nitrogens with one attached hydrogen (secondary N) is 1. The van der Waals surface area contributed by atoms with Gasteiger partial charge in [0.1, 0.15) is 5.65 Å². The minimum Gasteiger partial charge on any atom is -0.346 e. The molecule has 0 aliphatic carbocycles. The molecular weight excluding hydrogens is 232 g/mol. The van der Waals surface area contributed by atoms with Crippen LogP contribution in [0.2, 0.25) is 0 Å². The van der Waals surface area contributed by atoms with Crippen molar-refractivity contribution < 1.29 is 4.79 Å². The third-order valence-corrected chi connectivity index (χ3v) is 3.23. The molecule has 0 atom stereocenters. The van der Waals surface area contributed by atoms with Crippen molar-refractivity contribution in [1.29, 1.82) is 0 Å². The van der Waals surface area contributed by atoms with Gasteiger partial charge in [-0.1, -0.05) is 23.9 Å². The Hall–Kier alpha value is -1.55. The van der Waals surface area contributed by atoms with Crippen molar-refractivity contribution in [3.8, 4) is 0 Å². The van der Waals surface area contributed by atoms with Crippen LogP contribution >= 0.6 is 11.8 Å². The predicted octanol–water partition coefficient (Wildman–Crippen LogP) is 3.25. The molecule has 2 aromatic rings. The van der Waals surface area contributed by atoms with E-state index in [0.29, 0.717) is 0 Å². The third-order valence-electron chi connectivity index (χ3n) is 2.38. The van der Waals surface area contributed by atoms with E-state index in [-0.39, 0.29) is 5.12 Å². The average Bonchev–Trinajstić information content (AvgIpc) is 2.77. The number of pyridine rings is 1. The Morgan fingerprint density at radius 3 is 3.24 bits per heavy atom. The lowest BCUT2D eigenvalue weighted by molar-refractivity contribution is -0.109. The summed E-state index contributed by atoms with van der Waals surface area (Å²) < 4.78 is 0. The molecular formula is C13H14N2OS. The molecule has 88 valence electrons. The van der Waals surface area contributed by atoms with Gasteiger partial charge in [-0.3, -0.25) is 4.79 Å². The van der Waals surface area contributed by atoms with Crippen LogP contribution in [0.15, 0.2) is 30.6 Å². The van der Waals surface area contributed by atoms with Crippen molar-refractivity contribution in [2.24, 2.45) is 0 Å². The molecule has 0 aliphatic rings. The van der Waals surface area contributed by atoms with E-state index in [1.165, 1.54) is 11.8 Å². The van der Waals surface area contributed by atoms with Gasteiger partial charge >= 0.3 is 0 Å². The second-order valence-electron chi connectivity index (χ2n) is 3.67. The molecule has 0 aliphatic heterocycles. The van der Waals surface area contributed by atoms with Crippen molar-refractivity contribution in [2.45, 2.75) is 13.3 Å². The molecule has 0 fully saturated rings. The van der Waals surface area contributed by atoms with E-state index in [4.69, 9.17) is 0 Å². The highest BCUT2D eigenvalue weighted by Crippen LogP contribution is 2.16. The van der Waals surface area contributed by atoms with Gasteiger partial charge in [-0.05, 0) is 24.1 Å². The molecule has 2 aromatic heterocycles. The van der Waals surface area contributed by atoms with Crippen molar-refractivity contribution in [3.63, 3.8) is 0 Å². The van der Waals surface area contributed by atoms with E-state index in [0.717, 1.165) is 28.8 Å². The molecule has 2 rings (SSSR count). The molecule has 0 amide bonds. The molecule has 1 N–H and O–H groups in total. The van der Waals surface area contributed by atoms with E-state index in [9.17, 15) is 4.79 Å². The third kappa shape index (κ3) is 3.20. The largest absolute Gasteiger partial charge is 0.346 e. The fraction of sp³-hybridized carbons (Fsp3) is 0.231. The van der Waals surface area contributed by atoms with Crippen LogP contribution in [-0.4, -0.2) is 20.8 Å². The Morgan fingerprint density at radius 2 is 2.41 bits per heavy atom. The fourth-order valence-electron chi connectivity index (χ4n) is 1.61. The molecule has 0 saturated carbocycles. The first-order valence-electron chi connectivity index (χ1n) is 5.49. The first kappa shape index (κ1) is 11.9. The van der Waals surface area contributed by atoms with Crippen LogP contribution < -0.4 is 0 Å². The summed E-state index contributed by atoms with van der Waals surface area (Å²) in [6.45, 7) is 1.60. The molecule has 4 heteroatoms. The second kappa shape index (κ2) is 5.68. The summed E-state index contributed by atoms with van der Waals surface area (Å²) in [5.74, 6) is 0.840. The predicted molar refractivity (Wildman–Crippen MR) is 72.9 cm³/mol. The maximum Gasteiger partial charge on any atom is 0.185 e. The lowest BCUT2D eigenvalue weighted by atomic mass is 10.1. The van der Waals surface area contributed by atoms with E-state index >= 15 is 0 Å². The number of carbonyl (C=O) groups is 1. The van der Waals surface area contributed by atoms with Crippen molar-refractivity contribution in [1.82, 2.24) is 9.97 Å². The number of H-pyrrole nitrogens is 1. The fourth-order valence-corrected chi connectivity index (χ4v) is 2.15. The number of hydrogen-bond acceptors (Lipinski definition) is 3. The van der Waals surface area contributed by atoms with Gasteiger partial charge < -0.3 is 4.98 Å². The van der Waals surface area contributed by atoms with Crippen molar-refractivity contribution in [3.05, 3.63) is 36.2 Å². The van der Waals surface area contributed by atoms with Crippen molar-refractivity contribution in [2.75, 3.05) is 5.75 Å². The SMILES string of the molecule is CC(=O)SCCC=Cc1ccnc2[nH]ccc12. The summed E-state index contributed by atoms with van der Waals surface area (Å²) in [5.41, 5.74) is 2.06. The molecule has 0 saturated heterocycles. The summed E-state index contributed by atoms with van der Waals surface area (Å²) in [5, 5.41) is 1.30. The second-order valence-corrected chi connectivity index (χ2v) is 4.94. The first-order valence-corrected chi connectivity index (χ1v) is 6.48. The highest BCUT2D eigenvalue weighted by Gasteiger charge is 1.98. The lowest BCUT2D eigenvalue weighted by Gasteiger charge is -1.96. The van der Waals surface area contributed by atoms with Gasteiger partial charge in [0.05, 0.1) is 0 Å². The van der Waals surface area contributed by atoms with Gasteiger partial charge in [0, 0.05) is 30.5 Å². The van der Waals surface area contributed by atoms with Crippen LogP contribution in [-0.2, 0) is 4.79 Å². The van der Waals surface area contributed by atoms with Crippen LogP contribution in [0.4, 0.5) is 0 Å². The standard InChI is InChI=1S/C13H14N2OS/c1-10(16)17-9-3-2-4-11-5-7-14-13-12(11)6-8-15-13/h2,4-8H,3,9H2,1H3,(H,14,15). The number of rotatable bonds is 4. The molecule has 0 spiro atoms. The van der Waals surface area contributed by atoms with Crippen LogP contribution in [0.1, 0.15) is 18.9 Å². The zero-order valence-electron chi connectivity index (χ0n) is 9.64. The van der Waals surface area contributed by atoms with Gasteiger partial charge in [-0.15, -0.1) is 0 Å². The van der Waals surface area contributed by atoms with E-state index in [1.807, 2.05) is 18.3 Å². The Balaban J connectivity index is 2.00. The number of nitrogens with zero attached hydrogens (tertiary/aromatic N) is 1. The number of aromatic amines is 1. The van der Waals surface area contributed by atoms with Crippen molar-refractivity contribution >= 4 is 34.0 Å². The van der Waals surface area contributed by atoms with Crippen LogP contribution in [0.25, 0.3) is 17.1 Å². The van der Waals surface area contributed by atoms with Crippen LogP contribution in [0, 0.1) is 0 Å². The monoisotopic (exact) mass is 246 g/mol. The minimum atomic E-state index is 0.176. The summed E-state index contributed by atoms with van der Waals surface area (Å²) in [4.78, 5) is 18.1. The summed E-state index contributed by atoms with van der Waals surface area (Å²) in [6.07, 6.45) is 8.76. The van der Waals surface area contributed by atoms with Gasteiger partial charge in [-0.2, -0.15) is 0 Å². The average molecular weight is 246 g/mol. The van der Waals surface area contributed by atoms with E-state index in [1.54, 1.807) is 13.1 Å². The first-order chi connectivity index (χ1) is 8.27. The molecule has 0 aromatic carbocycles. The van der Waals surface area contributed by atoms with Gasteiger partial charge in [0.2, 0.25) is 0 Å². The highest BCUT2D eigenvalue weighted by molar-refractivity contribution is 8.13. The highest BCUT2D eigenvalue weighted by atomic mass is 32.2. The molecule has 0 unspecified atom stereocenters. The van der Waals surface area contributed by atoms with Crippen LogP contribution in [0.3, 0.4) is 0 Å². The maximum atomic E-state index is 10.7. The molecule has 0 radical (unpaired) electrons. The smallest absolute Gasteiger partial charge is 0.185 e. The Morgan fingerprint density at radius 1 is 1.53 bits per heavy atom. The zero-order chi connectivity index (χ0) is 12.1. The van der Waals surface area contributed by atoms with E-state index < -0.39 is 0 Å². The van der Waals surface area contributed by atoms with Gasteiger partial charge in [0.25, 0.3) is 0 Å². The van der Waals surface area contributed by atoms with Gasteiger partial charge in [-0.25, -0.2) is 4.98 Å². The molecule has 17 heavy (non-hydrogen) atoms. The summed E-state index contributed by atoms with van der Waals surface area (Å²) >= 11 is 1.36. The van der Waals surface area contributed by atoms with Gasteiger partial charge in [0.15, 0.2) is 5.12 Å². The summed E-state index contributed by atoms with van der Waals surface area (Å²) in [6, 6.07) is 4.01. The Bertz CT molecular complexity index is 545. The quantitative estimate of drug-likeness (QED) is 0.842. The number of thioether (sulfide) groups is 1.